The molecular formula is C22H51P5S10. The molecule has 0 aliphatic heterocycles. The molecule has 1 aromatic carbocycles. The van der Waals surface area contributed by atoms with Gasteiger partial charge in [-0.15, -0.1) is 61.2 Å². The van der Waals surface area contributed by atoms with Crippen LogP contribution in [-0.4, -0.2) is 58.5 Å². The standard InChI is InChI=1S/C7H9PS2.2C5H13PS2.C3H9PS2.C2H7PS2/c1-8(9,10)7-5-3-2-4-6-7;1-5(2)4-6(3,7)8;1-3-4-5-6(2,7)8;1-3-4(2,5)6;1-3(2,4)5/h2-6H,1H3,(H,9,10);5H,4H2,1-3H3,(H,7,8);3-5H2,1-2H3,(H,7,8);3H2,1-2H3,(H,5,6);1-2H3,(H,4,5). The second-order valence-electron chi connectivity index (χ2n) is 9.63. The minimum atomic E-state index is -1.49. The minimum Gasteiger partial charge on any atom is -0.141 e. The van der Waals surface area contributed by atoms with E-state index in [0.29, 0.717) is 5.92 Å². The van der Waals surface area contributed by atoms with Crippen LogP contribution in [0.3, 0.4) is 0 Å². The summed E-state index contributed by atoms with van der Waals surface area (Å²) in [6.45, 7) is 20.8. The molecule has 0 bridgehead atoms. The van der Waals surface area contributed by atoms with Gasteiger partial charge in [-0.2, -0.15) is 0 Å². The van der Waals surface area contributed by atoms with Gasteiger partial charge in [-0.25, -0.2) is 0 Å². The van der Waals surface area contributed by atoms with Gasteiger partial charge in [0.2, 0.25) is 0 Å². The highest BCUT2D eigenvalue weighted by molar-refractivity contribution is 8.66. The molecule has 4 unspecified atom stereocenters. The summed E-state index contributed by atoms with van der Waals surface area (Å²) in [4.78, 5) is 0. The van der Waals surface area contributed by atoms with Gasteiger partial charge in [-0.1, -0.05) is 123 Å². The first kappa shape index (κ1) is 48.1. The fourth-order valence-corrected chi connectivity index (χ4v) is 8.27. The third kappa shape index (κ3) is 60.3. The Hall–Kier alpha value is 4.22. The Kier molecular flexibility index (Phi) is 31.9. The lowest BCUT2D eigenvalue weighted by Gasteiger charge is -2.10. The minimum absolute atomic E-state index is 0.711. The molecule has 4 atom stereocenters. The van der Waals surface area contributed by atoms with Crippen molar-refractivity contribution in [1.82, 2.24) is 0 Å². The van der Waals surface area contributed by atoms with Gasteiger partial charge in [-0.3, -0.25) is 0 Å². The molecule has 1 aromatic rings. The second-order valence-corrected chi connectivity index (χ2v) is 51.8. The molecule has 0 heterocycles. The maximum atomic E-state index is 5.23. The summed E-state index contributed by atoms with van der Waals surface area (Å²) in [6.07, 6.45) is 5.82. The van der Waals surface area contributed by atoms with Gasteiger partial charge in [0.05, 0.1) is 0 Å². The van der Waals surface area contributed by atoms with Crippen LogP contribution in [0, 0.1) is 5.92 Å². The Morgan fingerprint density at radius 2 is 1.03 bits per heavy atom. The van der Waals surface area contributed by atoms with E-state index < -0.39 is 26.2 Å². The van der Waals surface area contributed by atoms with Crippen molar-refractivity contribution in [3.05, 3.63) is 30.3 Å². The average molecular weight is 791 g/mol. The lowest BCUT2D eigenvalue weighted by molar-refractivity contribution is 0.747. The maximum Gasteiger partial charge on any atom is 0.0279 e. The Labute approximate surface area is 283 Å². The summed E-state index contributed by atoms with van der Waals surface area (Å²) in [5, 5.41) is -4.88. The van der Waals surface area contributed by atoms with E-state index in [4.69, 9.17) is 59.0 Å². The molecule has 0 spiro atoms. The van der Waals surface area contributed by atoms with Crippen molar-refractivity contribution >= 4 is 152 Å². The maximum absolute atomic E-state index is 5.23. The molecule has 0 aliphatic rings. The van der Waals surface area contributed by atoms with Crippen molar-refractivity contribution in [2.75, 3.05) is 58.5 Å². The van der Waals surface area contributed by atoms with Crippen LogP contribution in [0.5, 0.6) is 0 Å². The summed E-state index contributed by atoms with van der Waals surface area (Å²) >= 11 is 46.5. The van der Waals surface area contributed by atoms with Crippen LogP contribution in [0.15, 0.2) is 30.3 Å². The number of rotatable bonds is 7. The van der Waals surface area contributed by atoms with Crippen molar-refractivity contribution in [2.24, 2.45) is 5.92 Å². The van der Waals surface area contributed by atoms with Crippen molar-refractivity contribution in [3.8, 4) is 0 Å². The molecule has 15 heteroatoms. The number of hydrogen-bond acceptors (Lipinski definition) is 5. The molecule has 0 saturated heterocycles. The fraction of sp³-hybridized carbons (Fsp3) is 0.727. The zero-order valence-electron chi connectivity index (χ0n) is 24.0. The SMILES string of the molecule is CC(C)CP(C)(=S)S.CCCCP(C)(=S)S.CCP(C)(=S)S.CP(=S)(S)c1ccccc1.CP(C)(=S)S. The number of thiol groups is 5. The number of benzene rings is 1. The highest BCUT2D eigenvalue weighted by Gasteiger charge is 2.05. The van der Waals surface area contributed by atoms with Crippen molar-refractivity contribution in [2.45, 2.75) is 40.5 Å². The van der Waals surface area contributed by atoms with Gasteiger partial charge in [0.1, 0.15) is 0 Å². The van der Waals surface area contributed by atoms with Gasteiger partial charge in [0, 0.05) is 21.0 Å². The van der Waals surface area contributed by atoms with E-state index in [2.05, 4.69) is 102 Å². The Morgan fingerprint density at radius 3 is 1.14 bits per heavy atom. The Bertz CT molecular complexity index is 912. The molecule has 0 amide bonds. The van der Waals surface area contributed by atoms with Crippen LogP contribution in [0.1, 0.15) is 40.5 Å². The molecule has 0 fully saturated rings. The quantitative estimate of drug-likeness (QED) is 0.137. The molecule has 0 nitrogen and oxygen atoms in total. The van der Waals surface area contributed by atoms with E-state index in [0.717, 1.165) is 18.5 Å². The predicted octanol–water partition coefficient (Wildman–Crippen LogP) is 11.1. The van der Waals surface area contributed by atoms with E-state index in [1.165, 1.54) is 18.1 Å². The van der Waals surface area contributed by atoms with E-state index >= 15 is 0 Å². The summed E-state index contributed by atoms with van der Waals surface area (Å²) < 4.78 is 0. The van der Waals surface area contributed by atoms with Gasteiger partial charge in [-0.05, 0) is 81.4 Å². The lowest BCUT2D eigenvalue weighted by atomic mass is 10.3. The summed E-state index contributed by atoms with van der Waals surface area (Å²) in [7, 11) is 0. The van der Waals surface area contributed by atoms with E-state index in [1.54, 1.807) is 0 Å². The van der Waals surface area contributed by atoms with Crippen molar-refractivity contribution in [1.29, 1.82) is 0 Å². The summed E-state index contributed by atoms with van der Waals surface area (Å²) in [5.74, 6) is 0.711. The molecule has 0 saturated carbocycles. The molecule has 224 valence electrons. The Balaban J connectivity index is -0.000000188. The molecule has 0 N–H and O–H groups in total. The molecular weight excluding hydrogens is 740 g/mol. The van der Waals surface area contributed by atoms with E-state index in [-0.39, 0.29) is 0 Å². The summed E-state index contributed by atoms with van der Waals surface area (Å²) in [5.41, 5.74) is 0. The van der Waals surface area contributed by atoms with Crippen molar-refractivity contribution in [3.63, 3.8) is 0 Å². The topological polar surface area (TPSA) is 0 Å². The van der Waals surface area contributed by atoms with Crippen LogP contribution in [0.4, 0.5) is 0 Å². The molecule has 37 heavy (non-hydrogen) atoms. The average Bonchev–Trinajstić information content (AvgIpc) is 2.63. The molecule has 0 aromatic heterocycles. The first-order valence-corrected chi connectivity index (χ1v) is 34.7. The highest BCUT2D eigenvalue weighted by Crippen LogP contribution is 2.48. The van der Waals surface area contributed by atoms with Gasteiger partial charge >= 0.3 is 0 Å². The van der Waals surface area contributed by atoms with Crippen LogP contribution in [0.25, 0.3) is 0 Å². The lowest BCUT2D eigenvalue weighted by Crippen LogP contribution is -1.96. The first-order valence-electron chi connectivity index (χ1n) is 11.7. The normalized spacial score (nSPS) is 17.1. The van der Waals surface area contributed by atoms with Crippen LogP contribution < -0.4 is 5.30 Å². The summed E-state index contributed by atoms with van der Waals surface area (Å²) in [6, 6.07) is 10.1. The largest absolute Gasteiger partial charge is 0.141 e. The number of hydrogen-bond donors (Lipinski definition) is 5. The third-order valence-corrected chi connectivity index (χ3v) is 13.5. The zero-order chi connectivity index (χ0) is 30.7. The van der Waals surface area contributed by atoms with Crippen LogP contribution in [-0.2, 0) is 59.0 Å². The van der Waals surface area contributed by atoms with E-state index in [9.17, 15) is 0 Å². The van der Waals surface area contributed by atoms with Gasteiger partial charge in [0.25, 0.3) is 0 Å². The van der Waals surface area contributed by atoms with Crippen LogP contribution >= 0.6 is 87.4 Å². The second kappa shape index (κ2) is 24.5. The molecule has 0 radical (unpaired) electrons. The third-order valence-electron chi connectivity index (χ3n) is 3.45. The highest BCUT2D eigenvalue weighted by atomic mass is 32.9. The van der Waals surface area contributed by atoms with Crippen LogP contribution in [0.2, 0.25) is 0 Å². The van der Waals surface area contributed by atoms with E-state index in [1.807, 2.05) is 57.0 Å². The fourth-order valence-electron chi connectivity index (χ4n) is 1.83. The first-order chi connectivity index (χ1) is 16.1. The molecule has 0 aliphatic carbocycles. The van der Waals surface area contributed by atoms with Crippen molar-refractivity contribution < 1.29 is 0 Å². The van der Waals surface area contributed by atoms with Gasteiger partial charge in [0.15, 0.2) is 0 Å². The zero-order valence-corrected chi connectivity index (χ0v) is 37.0. The monoisotopic (exact) mass is 790 g/mol. The molecule has 1 rings (SSSR count). The number of unbranched alkanes of at least 4 members (excludes halogenated alkanes) is 1. The smallest absolute Gasteiger partial charge is 0.0279 e. The predicted molar refractivity (Wildman–Crippen MR) is 228 cm³/mol. The van der Waals surface area contributed by atoms with Gasteiger partial charge < -0.3 is 0 Å². The Morgan fingerprint density at radius 1 is 0.676 bits per heavy atom.